The molecule has 0 unspecified atom stereocenters. The number of ether oxygens (including phenoxy) is 1. The zero-order chi connectivity index (χ0) is 12.8. The Bertz CT molecular complexity index is 415. The third kappa shape index (κ3) is 3.01. The van der Waals surface area contributed by atoms with Crippen LogP contribution in [0.15, 0.2) is 0 Å². The second kappa shape index (κ2) is 6.31. The lowest BCUT2D eigenvalue weighted by Gasteiger charge is -2.08. The molecule has 0 radical (unpaired) electrons. The molecule has 4 heteroatoms. The van der Waals surface area contributed by atoms with E-state index in [9.17, 15) is 0 Å². The summed E-state index contributed by atoms with van der Waals surface area (Å²) in [4.78, 5) is 0. The van der Waals surface area contributed by atoms with Crippen molar-refractivity contribution in [2.24, 2.45) is 0 Å². The van der Waals surface area contributed by atoms with Crippen molar-refractivity contribution < 1.29 is 4.74 Å². The quantitative estimate of drug-likeness (QED) is 0.770. The number of unbranched alkanes of at least 4 members (excludes halogenated alkanes) is 2. The second-order valence-corrected chi connectivity index (χ2v) is 4.29. The molecular weight excluding hydrogens is 214 g/mol. The first kappa shape index (κ1) is 13.6. The van der Waals surface area contributed by atoms with Crippen molar-refractivity contribution in [3.63, 3.8) is 0 Å². The summed E-state index contributed by atoms with van der Waals surface area (Å²) in [6, 6.07) is 2.17. The van der Waals surface area contributed by atoms with Gasteiger partial charge in [-0.05, 0) is 38.7 Å². The maximum Gasteiger partial charge on any atom is 0.122 e. The van der Waals surface area contributed by atoms with Crippen LogP contribution in [0, 0.1) is 25.2 Å². The van der Waals surface area contributed by atoms with Gasteiger partial charge in [0.15, 0.2) is 0 Å². The van der Waals surface area contributed by atoms with Crippen LogP contribution in [0.2, 0.25) is 0 Å². The molecule has 0 fully saturated rings. The van der Waals surface area contributed by atoms with E-state index < -0.39 is 0 Å². The third-order valence-electron chi connectivity index (χ3n) is 3.21. The van der Waals surface area contributed by atoms with E-state index in [1.165, 1.54) is 0 Å². The first-order chi connectivity index (χ1) is 8.13. The molecule has 2 N–H and O–H groups in total. The number of aromatic nitrogens is 1. The molecule has 0 bridgehead atoms. The SMILES string of the molecule is COCCCCCn1c(C)c(C)c(C#N)c1N. The van der Waals surface area contributed by atoms with Crippen molar-refractivity contribution in [3.8, 4) is 6.07 Å². The summed E-state index contributed by atoms with van der Waals surface area (Å²) in [6.45, 7) is 5.65. The smallest absolute Gasteiger partial charge is 0.122 e. The molecule has 0 aliphatic rings. The molecule has 1 heterocycles. The average molecular weight is 235 g/mol. The Morgan fingerprint density at radius 1 is 1.29 bits per heavy atom. The van der Waals surface area contributed by atoms with Gasteiger partial charge in [-0.25, -0.2) is 0 Å². The molecule has 0 atom stereocenters. The van der Waals surface area contributed by atoms with Crippen molar-refractivity contribution in [2.75, 3.05) is 19.5 Å². The number of methoxy groups -OCH3 is 1. The Balaban J connectivity index is 2.63. The minimum atomic E-state index is 0.606. The van der Waals surface area contributed by atoms with Gasteiger partial charge < -0.3 is 15.0 Å². The maximum atomic E-state index is 9.02. The van der Waals surface area contributed by atoms with E-state index in [1.807, 2.05) is 18.4 Å². The molecule has 94 valence electrons. The van der Waals surface area contributed by atoms with Crippen LogP contribution >= 0.6 is 0 Å². The molecule has 17 heavy (non-hydrogen) atoms. The van der Waals surface area contributed by atoms with Crippen molar-refractivity contribution in [3.05, 3.63) is 16.8 Å². The van der Waals surface area contributed by atoms with Crippen LogP contribution in [0.1, 0.15) is 36.1 Å². The van der Waals surface area contributed by atoms with Crippen molar-refractivity contribution >= 4 is 5.82 Å². The Kier molecular flexibility index (Phi) is 5.05. The van der Waals surface area contributed by atoms with E-state index in [2.05, 4.69) is 6.07 Å². The predicted octanol–water partition coefficient (Wildman–Crippen LogP) is 2.38. The lowest BCUT2D eigenvalue weighted by Crippen LogP contribution is -2.05. The number of hydrogen-bond acceptors (Lipinski definition) is 3. The summed E-state index contributed by atoms with van der Waals surface area (Å²) >= 11 is 0. The summed E-state index contributed by atoms with van der Waals surface area (Å²) in [5, 5.41) is 9.02. The summed E-state index contributed by atoms with van der Waals surface area (Å²) in [6.07, 6.45) is 3.25. The molecule has 0 saturated carbocycles. The van der Waals surface area contributed by atoms with E-state index in [0.29, 0.717) is 11.4 Å². The summed E-state index contributed by atoms with van der Waals surface area (Å²) < 4.78 is 7.05. The molecule has 0 spiro atoms. The van der Waals surface area contributed by atoms with Gasteiger partial charge in [-0.1, -0.05) is 0 Å². The van der Waals surface area contributed by atoms with Crippen LogP contribution in [0.25, 0.3) is 0 Å². The molecule has 0 aliphatic carbocycles. The highest BCUT2D eigenvalue weighted by molar-refractivity contribution is 5.57. The molecule has 1 rings (SSSR count). The minimum Gasteiger partial charge on any atom is -0.385 e. The molecule has 4 nitrogen and oxygen atoms in total. The first-order valence-corrected chi connectivity index (χ1v) is 5.97. The predicted molar refractivity (Wildman–Crippen MR) is 68.8 cm³/mol. The maximum absolute atomic E-state index is 9.02. The number of nitriles is 1. The number of nitrogen functional groups attached to an aromatic ring is 1. The van der Waals surface area contributed by atoms with E-state index in [1.54, 1.807) is 7.11 Å². The molecule has 0 saturated heterocycles. The van der Waals surface area contributed by atoms with Gasteiger partial charge in [-0.15, -0.1) is 0 Å². The van der Waals surface area contributed by atoms with Gasteiger partial charge >= 0.3 is 0 Å². The van der Waals surface area contributed by atoms with Gasteiger partial charge in [-0.3, -0.25) is 0 Å². The zero-order valence-electron chi connectivity index (χ0n) is 10.9. The zero-order valence-corrected chi connectivity index (χ0v) is 10.9. The van der Waals surface area contributed by atoms with Gasteiger partial charge in [0.2, 0.25) is 0 Å². The normalized spacial score (nSPS) is 10.5. The summed E-state index contributed by atoms with van der Waals surface area (Å²) in [5.41, 5.74) is 8.70. The van der Waals surface area contributed by atoms with Gasteiger partial charge in [-0.2, -0.15) is 5.26 Å². The molecule has 1 aromatic heterocycles. The lowest BCUT2D eigenvalue weighted by molar-refractivity contribution is 0.191. The van der Waals surface area contributed by atoms with Crippen LogP contribution in [0.5, 0.6) is 0 Å². The molecule has 1 aromatic rings. The summed E-state index contributed by atoms with van der Waals surface area (Å²) in [5.74, 6) is 0.606. The third-order valence-corrected chi connectivity index (χ3v) is 3.21. The number of nitrogens with zero attached hydrogens (tertiary/aromatic N) is 2. The van der Waals surface area contributed by atoms with Gasteiger partial charge in [0, 0.05) is 26.0 Å². The topological polar surface area (TPSA) is 64.0 Å². The Labute approximate surface area is 103 Å². The summed E-state index contributed by atoms with van der Waals surface area (Å²) in [7, 11) is 1.72. The monoisotopic (exact) mass is 235 g/mol. The van der Waals surface area contributed by atoms with E-state index in [0.717, 1.165) is 43.7 Å². The van der Waals surface area contributed by atoms with Gasteiger partial charge in [0.1, 0.15) is 11.9 Å². The molecule has 0 amide bonds. The fraction of sp³-hybridized carbons (Fsp3) is 0.615. The Hall–Kier alpha value is -1.47. The fourth-order valence-corrected chi connectivity index (χ4v) is 2.01. The molecule has 0 aromatic carbocycles. The first-order valence-electron chi connectivity index (χ1n) is 5.97. The second-order valence-electron chi connectivity index (χ2n) is 4.29. The van der Waals surface area contributed by atoms with Crippen molar-refractivity contribution in [1.29, 1.82) is 5.26 Å². The van der Waals surface area contributed by atoms with Crippen LogP contribution < -0.4 is 5.73 Å². The largest absolute Gasteiger partial charge is 0.385 e. The van der Waals surface area contributed by atoms with Crippen molar-refractivity contribution in [1.82, 2.24) is 4.57 Å². The number of nitrogens with two attached hydrogens (primary N) is 1. The molecule has 0 aliphatic heterocycles. The number of anilines is 1. The van der Waals surface area contributed by atoms with E-state index >= 15 is 0 Å². The lowest BCUT2D eigenvalue weighted by atomic mass is 10.2. The highest BCUT2D eigenvalue weighted by Crippen LogP contribution is 2.23. The van der Waals surface area contributed by atoms with Gasteiger partial charge in [0.05, 0.1) is 5.56 Å². The van der Waals surface area contributed by atoms with Crippen LogP contribution in [-0.4, -0.2) is 18.3 Å². The Morgan fingerprint density at radius 3 is 2.53 bits per heavy atom. The van der Waals surface area contributed by atoms with Crippen LogP contribution in [0.3, 0.4) is 0 Å². The highest BCUT2D eigenvalue weighted by atomic mass is 16.5. The highest BCUT2D eigenvalue weighted by Gasteiger charge is 2.14. The number of rotatable bonds is 6. The van der Waals surface area contributed by atoms with E-state index in [4.69, 9.17) is 15.7 Å². The van der Waals surface area contributed by atoms with Crippen LogP contribution in [0.4, 0.5) is 5.82 Å². The average Bonchev–Trinajstić information content (AvgIpc) is 2.52. The fourth-order valence-electron chi connectivity index (χ4n) is 2.01. The van der Waals surface area contributed by atoms with E-state index in [-0.39, 0.29) is 0 Å². The van der Waals surface area contributed by atoms with Crippen LogP contribution in [-0.2, 0) is 11.3 Å². The minimum absolute atomic E-state index is 0.606. The Morgan fingerprint density at radius 2 is 2.00 bits per heavy atom. The molecular formula is C13H21N3O. The standard InChI is InChI=1S/C13H21N3O/c1-10-11(2)16(13(15)12(10)9-14)7-5-4-6-8-17-3/h4-8,15H2,1-3H3. The number of hydrogen-bond donors (Lipinski definition) is 1. The van der Waals surface area contributed by atoms with Crippen molar-refractivity contribution in [2.45, 2.75) is 39.7 Å². The van der Waals surface area contributed by atoms with Gasteiger partial charge in [0.25, 0.3) is 0 Å².